The number of rotatable bonds is 9. The summed E-state index contributed by atoms with van der Waals surface area (Å²) in [4.78, 5) is 23.2. The lowest BCUT2D eigenvalue weighted by molar-refractivity contribution is -0.139. The SMILES string of the molecule is COCCNC(=O)C(=O)N/N=C\c1cc(I)c(OCc2ccc(Cl)cc2)c(OC)c1. The van der Waals surface area contributed by atoms with Gasteiger partial charge in [0.1, 0.15) is 6.61 Å². The molecule has 0 aromatic heterocycles. The largest absolute Gasteiger partial charge is 0.493 e. The van der Waals surface area contributed by atoms with E-state index < -0.39 is 11.8 Å². The van der Waals surface area contributed by atoms with E-state index in [1.165, 1.54) is 20.4 Å². The highest BCUT2D eigenvalue weighted by atomic mass is 127. The summed E-state index contributed by atoms with van der Waals surface area (Å²) in [6.07, 6.45) is 1.41. The molecule has 2 N–H and O–H groups in total. The number of hydrazone groups is 1. The molecule has 0 heterocycles. The van der Waals surface area contributed by atoms with Crippen LogP contribution in [0, 0.1) is 3.57 Å². The monoisotopic (exact) mass is 545 g/mol. The lowest BCUT2D eigenvalue weighted by atomic mass is 10.2. The van der Waals surface area contributed by atoms with Gasteiger partial charge in [-0.15, -0.1) is 0 Å². The highest BCUT2D eigenvalue weighted by molar-refractivity contribution is 14.1. The number of nitrogens with zero attached hydrogens (tertiary/aromatic N) is 1. The number of hydrogen-bond acceptors (Lipinski definition) is 6. The van der Waals surface area contributed by atoms with Gasteiger partial charge < -0.3 is 19.5 Å². The van der Waals surface area contributed by atoms with E-state index in [0.29, 0.717) is 35.3 Å². The van der Waals surface area contributed by atoms with Gasteiger partial charge in [0.25, 0.3) is 0 Å². The van der Waals surface area contributed by atoms with Gasteiger partial charge >= 0.3 is 11.8 Å². The molecule has 2 aromatic carbocycles. The van der Waals surface area contributed by atoms with E-state index in [1.54, 1.807) is 18.2 Å². The van der Waals surface area contributed by atoms with Crippen molar-refractivity contribution in [1.29, 1.82) is 0 Å². The number of carbonyl (C=O) groups excluding carboxylic acids is 2. The van der Waals surface area contributed by atoms with Crippen LogP contribution in [-0.4, -0.2) is 45.4 Å². The average molecular weight is 546 g/mol. The Morgan fingerprint density at radius 3 is 2.57 bits per heavy atom. The first-order valence-corrected chi connectivity index (χ1v) is 10.2. The maximum absolute atomic E-state index is 11.7. The first-order valence-electron chi connectivity index (χ1n) is 8.79. The Labute approximate surface area is 193 Å². The molecule has 0 saturated carbocycles. The maximum Gasteiger partial charge on any atom is 0.329 e. The molecule has 2 aromatic rings. The Balaban J connectivity index is 2.00. The number of amides is 2. The molecule has 0 aliphatic heterocycles. The molecule has 2 amide bonds. The Morgan fingerprint density at radius 2 is 1.90 bits per heavy atom. The topological polar surface area (TPSA) is 98.2 Å². The molecule has 8 nitrogen and oxygen atoms in total. The standard InChI is InChI=1S/C20H21ClIN3O5/c1-28-8-7-23-19(26)20(27)25-24-11-14-9-16(22)18(17(10-14)29-2)30-12-13-3-5-15(21)6-4-13/h3-6,9-11H,7-8,12H2,1-2H3,(H,23,26)(H,25,27)/b24-11-. The van der Waals surface area contributed by atoms with E-state index in [9.17, 15) is 9.59 Å². The van der Waals surface area contributed by atoms with Crippen molar-refractivity contribution >= 4 is 52.2 Å². The molecule has 0 fully saturated rings. The molecule has 0 aliphatic rings. The second-order valence-corrected chi connectivity index (χ2v) is 7.50. The van der Waals surface area contributed by atoms with Crippen LogP contribution in [-0.2, 0) is 20.9 Å². The molecule has 0 unspecified atom stereocenters. The Morgan fingerprint density at radius 1 is 1.17 bits per heavy atom. The van der Waals surface area contributed by atoms with Crippen molar-refractivity contribution < 1.29 is 23.8 Å². The summed E-state index contributed by atoms with van der Waals surface area (Å²) in [6, 6.07) is 10.9. The fraction of sp³-hybridized carbons (Fsp3) is 0.250. The molecule has 0 bridgehead atoms. The summed E-state index contributed by atoms with van der Waals surface area (Å²) in [5, 5.41) is 6.87. The van der Waals surface area contributed by atoms with Gasteiger partial charge in [0.2, 0.25) is 0 Å². The predicted molar refractivity (Wildman–Crippen MR) is 122 cm³/mol. The zero-order valence-electron chi connectivity index (χ0n) is 16.4. The molecule has 0 radical (unpaired) electrons. The summed E-state index contributed by atoms with van der Waals surface area (Å²) in [5.74, 6) is -0.554. The minimum absolute atomic E-state index is 0.235. The molecule has 0 saturated heterocycles. The van der Waals surface area contributed by atoms with Crippen molar-refractivity contribution in [2.45, 2.75) is 6.61 Å². The van der Waals surface area contributed by atoms with Gasteiger partial charge in [-0.3, -0.25) is 9.59 Å². The number of hydrogen-bond donors (Lipinski definition) is 2. The average Bonchev–Trinajstić information content (AvgIpc) is 2.73. The highest BCUT2D eigenvalue weighted by Gasteiger charge is 2.13. The van der Waals surface area contributed by atoms with Gasteiger partial charge in [-0.25, -0.2) is 5.43 Å². The summed E-state index contributed by atoms with van der Waals surface area (Å²) in [7, 11) is 3.04. The van der Waals surface area contributed by atoms with E-state index >= 15 is 0 Å². The van der Waals surface area contributed by atoms with E-state index in [1.807, 2.05) is 18.2 Å². The first kappa shape index (κ1) is 23.9. The summed E-state index contributed by atoms with van der Waals surface area (Å²) in [6.45, 7) is 0.900. The smallest absolute Gasteiger partial charge is 0.329 e. The summed E-state index contributed by atoms with van der Waals surface area (Å²) >= 11 is 8.02. The van der Waals surface area contributed by atoms with Crippen LogP contribution in [0.3, 0.4) is 0 Å². The normalized spacial score (nSPS) is 10.7. The zero-order valence-corrected chi connectivity index (χ0v) is 19.3. The van der Waals surface area contributed by atoms with Gasteiger partial charge in [0, 0.05) is 18.7 Å². The second-order valence-electron chi connectivity index (χ2n) is 5.90. The number of benzene rings is 2. The Bertz CT molecular complexity index is 906. The Kier molecular flexibility index (Phi) is 9.84. The van der Waals surface area contributed by atoms with Gasteiger partial charge in [-0.1, -0.05) is 23.7 Å². The molecule has 30 heavy (non-hydrogen) atoms. The van der Waals surface area contributed by atoms with Crippen LogP contribution in [0.25, 0.3) is 0 Å². The minimum Gasteiger partial charge on any atom is -0.493 e. The van der Waals surface area contributed by atoms with Gasteiger partial charge in [-0.2, -0.15) is 5.10 Å². The molecule has 160 valence electrons. The van der Waals surface area contributed by atoms with Crippen molar-refractivity contribution in [2.75, 3.05) is 27.4 Å². The number of carbonyl (C=O) groups is 2. The van der Waals surface area contributed by atoms with Crippen LogP contribution in [0.2, 0.25) is 5.02 Å². The maximum atomic E-state index is 11.7. The fourth-order valence-corrected chi connectivity index (χ4v) is 3.16. The number of methoxy groups -OCH3 is 2. The van der Waals surface area contributed by atoms with Crippen LogP contribution in [0.15, 0.2) is 41.5 Å². The van der Waals surface area contributed by atoms with Crippen molar-refractivity contribution in [2.24, 2.45) is 5.10 Å². The van der Waals surface area contributed by atoms with Crippen LogP contribution < -0.4 is 20.2 Å². The van der Waals surface area contributed by atoms with Crippen molar-refractivity contribution in [1.82, 2.24) is 10.7 Å². The van der Waals surface area contributed by atoms with Crippen molar-refractivity contribution in [3.63, 3.8) is 0 Å². The third kappa shape index (κ3) is 7.47. The van der Waals surface area contributed by atoms with Crippen LogP contribution in [0.4, 0.5) is 0 Å². The molecule has 2 rings (SSSR count). The molecule has 10 heteroatoms. The Hall–Kier alpha value is -2.37. The number of halogens is 2. The number of nitrogens with one attached hydrogen (secondary N) is 2. The highest BCUT2D eigenvalue weighted by Crippen LogP contribution is 2.34. The predicted octanol–water partition coefficient (Wildman–Crippen LogP) is 2.74. The van der Waals surface area contributed by atoms with E-state index in [-0.39, 0.29) is 6.54 Å². The molecule has 0 spiro atoms. The van der Waals surface area contributed by atoms with Crippen molar-refractivity contribution in [3.05, 3.63) is 56.1 Å². The molecule has 0 atom stereocenters. The minimum atomic E-state index is -0.869. The van der Waals surface area contributed by atoms with E-state index in [4.69, 9.17) is 25.8 Å². The van der Waals surface area contributed by atoms with Gasteiger partial charge in [0.05, 0.1) is 23.5 Å². The van der Waals surface area contributed by atoms with Crippen LogP contribution in [0.1, 0.15) is 11.1 Å². The molecular formula is C20H21ClIN3O5. The van der Waals surface area contributed by atoms with Crippen LogP contribution in [0.5, 0.6) is 11.5 Å². The molecule has 0 aliphatic carbocycles. The van der Waals surface area contributed by atoms with Gasteiger partial charge in [-0.05, 0) is 58.0 Å². The lowest BCUT2D eigenvalue weighted by Crippen LogP contribution is -2.39. The summed E-state index contributed by atoms with van der Waals surface area (Å²) < 4.78 is 16.9. The van der Waals surface area contributed by atoms with Crippen molar-refractivity contribution in [3.8, 4) is 11.5 Å². The second kappa shape index (κ2) is 12.4. The summed E-state index contributed by atoms with van der Waals surface area (Å²) in [5.41, 5.74) is 3.80. The van der Waals surface area contributed by atoms with Gasteiger partial charge in [0.15, 0.2) is 11.5 Å². The lowest BCUT2D eigenvalue weighted by Gasteiger charge is -2.13. The zero-order chi connectivity index (χ0) is 21.9. The first-order chi connectivity index (χ1) is 14.4. The number of ether oxygens (including phenoxy) is 3. The van der Waals surface area contributed by atoms with E-state index in [2.05, 4.69) is 38.4 Å². The third-order valence-electron chi connectivity index (χ3n) is 3.73. The third-order valence-corrected chi connectivity index (χ3v) is 4.78. The van der Waals surface area contributed by atoms with E-state index in [0.717, 1.165) is 9.13 Å². The quantitative estimate of drug-likeness (QED) is 0.166. The molecular weight excluding hydrogens is 525 g/mol. The fourth-order valence-electron chi connectivity index (χ4n) is 2.25. The van der Waals surface area contributed by atoms with Crippen LogP contribution >= 0.6 is 34.2 Å².